The van der Waals surface area contributed by atoms with Crippen LogP contribution in [0, 0.1) is 34.6 Å². The lowest BCUT2D eigenvalue weighted by Gasteiger charge is -2.34. The number of benzene rings is 2. The van der Waals surface area contributed by atoms with Crippen molar-refractivity contribution in [2.45, 2.75) is 72.5 Å². The number of fused-ring (bicyclic) bond motifs is 2. The van der Waals surface area contributed by atoms with Gasteiger partial charge in [0.1, 0.15) is 11.4 Å². The third kappa shape index (κ3) is 5.14. The number of nitrogens with zero attached hydrogens (tertiary/aromatic N) is 3. The SMILES string of the molecule is Cc1c(C)c(C)c(C[C@H](CO)Nc2cc[nH]c(=O)c2-c2nc3cc4c(cc3[nH]2)CN(C2CCN(C)CC2)C4=O)c(C)c1C. The summed E-state index contributed by atoms with van der Waals surface area (Å²) in [5.74, 6) is 0.489. The summed E-state index contributed by atoms with van der Waals surface area (Å²) >= 11 is 0. The molecule has 1 atom stereocenters. The number of pyridine rings is 1. The molecule has 1 amide bonds. The smallest absolute Gasteiger partial charge is 0.261 e. The number of rotatable bonds is 7. The third-order valence-electron chi connectivity index (χ3n) is 10.1. The zero-order valence-electron chi connectivity index (χ0n) is 26.0. The minimum atomic E-state index is -0.309. The number of carbonyl (C=O) groups excluding carboxylic acids is 1. The number of nitrogens with one attached hydrogen (secondary N) is 3. The van der Waals surface area contributed by atoms with E-state index in [4.69, 9.17) is 4.98 Å². The van der Waals surface area contributed by atoms with Gasteiger partial charge in [-0.15, -0.1) is 0 Å². The molecule has 226 valence electrons. The van der Waals surface area contributed by atoms with Crippen LogP contribution >= 0.6 is 0 Å². The molecule has 43 heavy (non-hydrogen) atoms. The second-order valence-corrected chi connectivity index (χ2v) is 12.5. The Labute approximate surface area is 252 Å². The fraction of sp³-hybridized carbons (Fsp3) is 0.441. The third-order valence-corrected chi connectivity index (χ3v) is 10.1. The maximum atomic E-state index is 13.4. The van der Waals surface area contributed by atoms with Gasteiger partial charge >= 0.3 is 0 Å². The number of hydrogen-bond acceptors (Lipinski definition) is 6. The van der Waals surface area contributed by atoms with Gasteiger partial charge in [-0.1, -0.05) is 0 Å². The molecule has 0 bridgehead atoms. The first-order chi connectivity index (χ1) is 20.6. The molecule has 6 rings (SSSR count). The molecule has 9 nitrogen and oxygen atoms in total. The molecule has 0 unspecified atom stereocenters. The molecule has 2 aliphatic heterocycles. The predicted molar refractivity (Wildman–Crippen MR) is 171 cm³/mol. The Morgan fingerprint density at radius 3 is 2.37 bits per heavy atom. The van der Waals surface area contributed by atoms with E-state index >= 15 is 0 Å². The lowest BCUT2D eigenvalue weighted by Crippen LogP contribution is -2.43. The molecule has 2 aromatic carbocycles. The van der Waals surface area contributed by atoms with Crippen molar-refractivity contribution in [3.05, 3.63) is 79.3 Å². The van der Waals surface area contributed by atoms with Crippen LogP contribution in [-0.4, -0.2) is 74.6 Å². The summed E-state index contributed by atoms with van der Waals surface area (Å²) in [6, 6.07) is 5.62. The lowest BCUT2D eigenvalue weighted by molar-refractivity contribution is 0.0617. The molecule has 4 aromatic rings. The number of aliphatic hydroxyl groups is 1. The van der Waals surface area contributed by atoms with Crippen LogP contribution in [0.4, 0.5) is 5.69 Å². The van der Waals surface area contributed by atoms with E-state index in [1.165, 1.54) is 33.4 Å². The molecule has 0 spiro atoms. The molecule has 0 radical (unpaired) electrons. The Morgan fingerprint density at radius 1 is 1.02 bits per heavy atom. The van der Waals surface area contributed by atoms with Crippen LogP contribution < -0.4 is 10.9 Å². The van der Waals surface area contributed by atoms with E-state index in [-0.39, 0.29) is 30.2 Å². The fourth-order valence-corrected chi connectivity index (χ4v) is 6.91. The topological polar surface area (TPSA) is 117 Å². The largest absolute Gasteiger partial charge is 0.394 e. The van der Waals surface area contributed by atoms with Crippen molar-refractivity contribution in [1.82, 2.24) is 24.8 Å². The zero-order chi connectivity index (χ0) is 30.6. The van der Waals surface area contributed by atoms with Crippen molar-refractivity contribution >= 4 is 22.6 Å². The van der Waals surface area contributed by atoms with Gasteiger partial charge in [-0.25, -0.2) is 4.98 Å². The van der Waals surface area contributed by atoms with Gasteiger partial charge in [-0.2, -0.15) is 0 Å². The average Bonchev–Trinajstić information content (AvgIpc) is 3.55. The normalized spacial score (nSPS) is 16.7. The van der Waals surface area contributed by atoms with E-state index in [0.29, 0.717) is 41.1 Å². The highest BCUT2D eigenvalue weighted by Crippen LogP contribution is 2.33. The highest BCUT2D eigenvalue weighted by molar-refractivity contribution is 6.02. The van der Waals surface area contributed by atoms with Crippen molar-refractivity contribution in [2.24, 2.45) is 0 Å². The van der Waals surface area contributed by atoms with Crippen molar-refractivity contribution in [1.29, 1.82) is 0 Å². The summed E-state index contributed by atoms with van der Waals surface area (Å²) in [5.41, 5.74) is 11.3. The second-order valence-electron chi connectivity index (χ2n) is 12.5. The predicted octanol–water partition coefficient (Wildman–Crippen LogP) is 4.53. The maximum absolute atomic E-state index is 13.4. The van der Waals surface area contributed by atoms with Gasteiger partial charge < -0.3 is 30.2 Å². The van der Waals surface area contributed by atoms with E-state index in [1.54, 1.807) is 12.3 Å². The number of piperidine rings is 1. The summed E-state index contributed by atoms with van der Waals surface area (Å²) < 4.78 is 0. The summed E-state index contributed by atoms with van der Waals surface area (Å²) in [4.78, 5) is 41.8. The van der Waals surface area contributed by atoms with Crippen LogP contribution in [0.3, 0.4) is 0 Å². The zero-order valence-corrected chi connectivity index (χ0v) is 26.0. The summed E-state index contributed by atoms with van der Waals surface area (Å²) in [7, 11) is 2.12. The highest BCUT2D eigenvalue weighted by Gasteiger charge is 2.34. The van der Waals surface area contributed by atoms with Gasteiger partial charge in [0.2, 0.25) is 0 Å². The van der Waals surface area contributed by atoms with Gasteiger partial charge in [0.25, 0.3) is 11.5 Å². The van der Waals surface area contributed by atoms with Crippen LogP contribution in [0.2, 0.25) is 0 Å². The number of imidazole rings is 1. The van der Waals surface area contributed by atoms with Gasteiger partial charge in [-0.3, -0.25) is 9.59 Å². The van der Waals surface area contributed by atoms with Gasteiger partial charge in [0, 0.05) is 24.3 Å². The number of amides is 1. The molecule has 9 heteroatoms. The number of H-pyrrole nitrogens is 2. The molecule has 0 aliphatic carbocycles. The van der Waals surface area contributed by atoms with Crippen LogP contribution in [0.1, 0.15) is 62.1 Å². The van der Waals surface area contributed by atoms with Crippen molar-refractivity contribution in [3.8, 4) is 11.4 Å². The Hall–Kier alpha value is -3.95. The van der Waals surface area contributed by atoms with E-state index in [2.05, 4.69) is 61.9 Å². The van der Waals surface area contributed by atoms with Gasteiger partial charge in [0.15, 0.2) is 0 Å². The Balaban J connectivity index is 1.29. The van der Waals surface area contributed by atoms with Crippen molar-refractivity contribution in [3.63, 3.8) is 0 Å². The average molecular weight is 583 g/mol. The molecule has 1 fully saturated rings. The van der Waals surface area contributed by atoms with Gasteiger partial charge in [-0.05, 0) is 131 Å². The van der Waals surface area contributed by atoms with E-state index in [9.17, 15) is 14.7 Å². The van der Waals surface area contributed by atoms with Crippen LogP contribution in [0.25, 0.3) is 22.4 Å². The van der Waals surface area contributed by atoms with Crippen LogP contribution in [-0.2, 0) is 13.0 Å². The molecular formula is C34H42N6O3. The van der Waals surface area contributed by atoms with Crippen molar-refractivity contribution < 1.29 is 9.90 Å². The molecular weight excluding hydrogens is 540 g/mol. The van der Waals surface area contributed by atoms with Gasteiger partial charge in [0.05, 0.1) is 29.4 Å². The van der Waals surface area contributed by atoms with Crippen LogP contribution in [0.5, 0.6) is 0 Å². The Morgan fingerprint density at radius 2 is 1.70 bits per heavy atom. The van der Waals surface area contributed by atoms with E-state index < -0.39 is 0 Å². The second kappa shape index (κ2) is 11.3. The number of aromatic nitrogens is 3. The standard InChI is InChI=1S/C34H42N6O3/c1-18-19(2)21(4)26(22(5)20(18)3)14-24(17-41)36-28-7-10-35-33(42)31(28)32-37-29-13-23-16-40(25-8-11-39(6)12-9-25)34(43)27(23)15-30(29)38-32/h7,10,13,15,24-25,41H,8-9,11-12,14,16-17H2,1-6H3,(H,37,38)(H2,35,36,42)/t24-/m1/s1. The lowest BCUT2D eigenvalue weighted by atomic mass is 9.87. The number of aromatic amines is 2. The first-order valence-corrected chi connectivity index (χ1v) is 15.2. The summed E-state index contributed by atoms with van der Waals surface area (Å²) in [6.45, 7) is 13.2. The number of aliphatic hydroxyl groups excluding tert-OH is 1. The maximum Gasteiger partial charge on any atom is 0.261 e. The number of likely N-dealkylation sites (tertiary alicyclic amines) is 1. The minimum Gasteiger partial charge on any atom is -0.394 e. The molecule has 4 heterocycles. The number of hydrogen-bond donors (Lipinski definition) is 4. The van der Waals surface area contributed by atoms with E-state index in [0.717, 1.165) is 37.0 Å². The number of carbonyl (C=O) groups is 1. The summed E-state index contributed by atoms with van der Waals surface area (Å²) in [5, 5.41) is 13.8. The number of anilines is 1. The quantitative estimate of drug-likeness (QED) is 0.255. The molecule has 4 N–H and O–H groups in total. The highest BCUT2D eigenvalue weighted by atomic mass is 16.3. The van der Waals surface area contributed by atoms with Crippen LogP contribution in [0.15, 0.2) is 29.2 Å². The minimum absolute atomic E-state index is 0.0638. The molecule has 2 aliphatic rings. The molecule has 0 saturated carbocycles. The fourth-order valence-electron chi connectivity index (χ4n) is 6.91. The van der Waals surface area contributed by atoms with Crippen molar-refractivity contribution in [2.75, 3.05) is 32.1 Å². The Kier molecular flexibility index (Phi) is 7.64. The molecule has 2 aromatic heterocycles. The summed E-state index contributed by atoms with van der Waals surface area (Å²) in [6.07, 6.45) is 4.19. The van der Waals surface area contributed by atoms with E-state index in [1.807, 2.05) is 17.0 Å². The molecule has 1 saturated heterocycles. The first kappa shape index (κ1) is 29.1. The monoisotopic (exact) mass is 582 g/mol. The Bertz CT molecular complexity index is 1750. The first-order valence-electron chi connectivity index (χ1n) is 15.2.